The first-order valence-electron chi connectivity index (χ1n) is 12.2. The van der Waals surface area contributed by atoms with Gasteiger partial charge in [-0.15, -0.1) is 0 Å². The van der Waals surface area contributed by atoms with Crippen LogP contribution in [0, 0.1) is 0 Å². The molecule has 8 heteroatoms. The lowest BCUT2D eigenvalue weighted by atomic mass is 10.1. The third-order valence-electron chi connectivity index (χ3n) is 5.57. The maximum Gasteiger partial charge on any atom is 0.410 e. The molecule has 0 saturated carbocycles. The number of carbonyl (C=O) groups is 1. The first kappa shape index (κ1) is 25.8. The summed E-state index contributed by atoms with van der Waals surface area (Å²) >= 11 is 0. The number of hydrogen-bond donors (Lipinski definition) is 2. The lowest BCUT2D eigenvalue weighted by molar-refractivity contribution is 0.0235. The predicted octanol–water partition coefficient (Wildman–Crippen LogP) is 5.35. The van der Waals surface area contributed by atoms with E-state index in [1.54, 1.807) is 17.0 Å². The van der Waals surface area contributed by atoms with Crippen molar-refractivity contribution in [3.63, 3.8) is 0 Å². The molecule has 0 unspecified atom stereocenters. The zero-order chi connectivity index (χ0) is 26.4. The van der Waals surface area contributed by atoms with Gasteiger partial charge < -0.3 is 25.8 Å². The van der Waals surface area contributed by atoms with E-state index in [0.717, 1.165) is 27.7 Å². The van der Waals surface area contributed by atoms with Crippen LogP contribution in [0.3, 0.4) is 0 Å². The Morgan fingerprint density at radius 2 is 1.65 bits per heavy atom. The van der Waals surface area contributed by atoms with Crippen LogP contribution in [0.4, 0.5) is 16.4 Å². The number of ether oxygens (including phenoxy) is 2. The molecule has 0 atom stereocenters. The second-order valence-electron chi connectivity index (χ2n) is 9.90. The van der Waals surface area contributed by atoms with E-state index < -0.39 is 5.60 Å². The number of nitrogens with zero attached hydrogens (tertiary/aromatic N) is 3. The molecule has 2 aromatic carbocycles. The van der Waals surface area contributed by atoms with Crippen molar-refractivity contribution in [3.05, 3.63) is 89.6 Å². The molecular weight excluding hydrogens is 466 g/mol. The number of anilines is 2. The summed E-state index contributed by atoms with van der Waals surface area (Å²) in [5.41, 5.74) is 14.6. The lowest BCUT2D eigenvalue weighted by Gasteiger charge is -2.27. The average molecular weight is 500 g/mol. The van der Waals surface area contributed by atoms with E-state index in [2.05, 4.69) is 9.97 Å². The van der Waals surface area contributed by atoms with Crippen molar-refractivity contribution in [2.45, 2.75) is 45.9 Å². The Bertz CT molecular complexity index is 1380. The summed E-state index contributed by atoms with van der Waals surface area (Å²) < 4.78 is 11.7. The summed E-state index contributed by atoms with van der Waals surface area (Å²) in [6, 6.07) is 22.9. The molecule has 2 heterocycles. The van der Waals surface area contributed by atoms with Crippen LogP contribution in [0.25, 0.3) is 10.9 Å². The third kappa shape index (κ3) is 7.57. The molecule has 2 aromatic heterocycles. The summed E-state index contributed by atoms with van der Waals surface area (Å²) in [7, 11) is 0. The molecule has 0 fully saturated rings. The Morgan fingerprint density at radius 1 is 0.892 bits per heavy atom. The molecule has 4 aromatic rings. The van der Waals surface area contributed by atoms with E-state index in [4.69, 9.17) is 20.9 Å². The Morgan fingerprint density at radius 3 is 2.43 bits per heavy atom. The van der Waals surface area contributed by atoms with Crippen LogP contribution >= 0.6 is 0 Å². The van der Waals surface area contributed by atoms with E-state index in [1.165, 1.54) is 0 Å². The number of fused-ring (bicyclic) bond motifs is 1. The molecule has 0 aliphatic rings. The fourth-order valence-corrected chi connectivity index (χ4v) is 3.84. The van der Waals surface area contributed by atoms with Crippen LogP contribution in [0.2, 0.25) is 0 Å². The number of benzene rings is 2. The molecule has 37 heavy (non-hydrogen) atoms. The van der Waals surface area contributed by atoms with Crippen LogP contribution < -0.4 is 16.2 Å². The van der Waals surface area contributed by atoms with Crippen LogP contribution in [0.15, 0.2) is 72.8 Å². The largest absolute Gasteiger partial charge is 0.489 e. The highest BCUT2D eigenvalue weighted by atomic mass is 16.6. The molecule has 4 N–H and O–H groups in total. The molecule has 192 valence electrons. The van der Waals surface area contributed by atoms with Gasteiger partial charge in [-0.1, -0.05) is 30.3 Å². The minimum absolute atomic E-state index is 0.369. The van der Waals surface area contributed by atoms with Crippen molar-refractivity contribution in [1.82, 2.24) is 14.9 Å². The SMILES string of the molecule is CC(C)(C)OC(=O)N(CCc1cccc(N)n1)Cc1cccc(OCc2ccc3ccc(N)nc3c2)c1. The van der Waals surface area contributed by atoms with Gasteiger partial charge in [-0.25, -0.2) is 14.8 Å². The highest BCUT2D eigenvalue weighted by Crippen LogP contribution is 2.21. The Labute approximate surface area is 217 Å². The van der Waals surface area contributed by atoms with Crippen LogP contribution in [0.5, 0.6) is 5.75 Å². The van der Waals surface area contributed by atoms with E-state index in [-0.39, 0.29) is 6.09 Å². The molecule has 0 saturated heterocycles. The number of nitrogens with two attached hydrogens (primary N) is 2. The number of nitrogen functional groups attached to an aromatic ring is 2. The number of amides is 1. The Hall–Kier alpha value is -4.33. The number of pyridine rings is 2. The number of hydrogen-bond acceptors (Lipinski definition) is 7. The minimum atomic E-state index is -0.602. The zero-order valence-corrected chi connectivity index (χ0v) is 21.5. The molecule has 0 spiro atoms. The standard InChI is InChI=1S/C29H33N5O3/c1-29(2,3)37-28(35)34(15-14-23-7-5-9-26(30)32-23)18-20-6-4-8-24(16-20)36-19-21-10-11-22-12-13-27(31)33-25(22)17-21/h4-13,16-17H,14-15,18-19H2,1-3H3,(H2,30,32)(H2,31,33). The van der Waals surface area contributed by atoms with Gasteiger partial charge in [0.15, 0.2) is 0 Å². The monoisotopic (exact) mass is 499 g/mol. The molecular formula is C29H33N5O3. The first-order valence-corrected chi connectivity index (χ1v) is 12.2. The van der Waals surface area contributed by atoms with Crippen LogP contribution in [-0.2, 0) is 24.3 Å². The quantitative estimate of drug-likeness (QED) is 0.335. The lowest BCUT2D eigenvalue weighted by Crippen LogP contribution is -2.37. The van der Waals surface area contributed by atoms with Gasteiger partial charge in [0, 0.05) is 30.6 Å². The molecule has 0 aliphatic heterocycles. The van der Waals surface area contributed by atoms with Crippen molar-refractivity contribution < 1.29 is 14.3 Å². The second-order valence-corrected chi connectivity index (χ2v) is 9.90. The zero-order valence-electron chi connectivity index (χ0n) is 21.5. The fourth-order valence-electron chi connectivity index (χ4n) is 3.84. The number of carbonyl (C=O) groups excluding carboxylic acids is 1. The smallest absolute Gasteiger partial charge is 0.410 e. The van der Waals surface area contributed by atoms with Crippen molar-refractivity contribution in [3.8, 4) is 5.75 Å². The summed E-state index contributed by atoms with van der Waals surface area (Å²) in [4.78, 5) is 23.4. The maximum atomic E-state index is 13.0. The predicted molar refractivity (Wildman–Crippen MR) is 146 cm³/mol. The molecule has 0 radical (unpaired) electrons. The number of rotatable bonds is 8. The third-order valence-corrected chi connectivity index (χ3v) is 5.57. The van der Waals surface area contributed by atoms with Gasteiger partial charge in [0.1, 0.15) is 29.6 Å². The van der Waals surface area contributed by atoms with Gasteiger partial charge >= 0.3 is 6.09 Å². The topological polar surface area (TPSA) is 117 Å². The van der Waals surface area contributed by atoms with Gasteiger partial charge in [-0.05, 0) is 74.4 Å². The van der Waals surface area contributed by atoms with Crippen LogP contribution in [-0.4, -0.2) is 33.1 Å². The summed E-state index contributed by atoms with van der Waals surface area (Å²) in [5, 5.41) is 1.02. The minimum Gasteiger partial charge on any atom is -0.489 e. The van der Waals surface area contributed by atoms with Crippen molar-refractivity contribution in [2.75, 3.05) is 18.0 Å². The van der Waals surface area contributed by atoms with Gasteiger partial charge in [0.05, 0.1) is 5.52 Å². The maximum absolute atomic E-state index is 13.0. The summed E-state index contributed by atoms with van der Waals surface area (Å²) in [6.45, 7) is 6.75. The fraction of sp³-hybridized carbons (Fsp3) is 0.276. The van der Waals surface area contributed by atoms with E-state index in [0.29, 0.717) is 43.5 Å². The second kappa shape index (κ2) is 11.2. The highest BCUT2D eigenvalue weighted by molar-refractivity contribution is 5.80. The normalized spacial score (nSPS) is 11.3. The van der Waals surface area contributed by atoms with E-state index in [9.17, 15) is 4.79 Å². The van der Waals surface area contributed by atoms with Gasteiger partial charge in [0.25, 0.3) is 0 Å². The molecule has 8 nitrogen and oxygen atoms in total. The molecule has 0 bridgehead atoms. The molecule has 4 rings (SSSR count). The van der Waals surface area contributed by atoms with Crippen molar-refractivity contribution in [1.29, 1.82) is 0 Å². The molecule has 0 aliphatic carbocycles. The Balaban J connectivity index is 1.45. The average Bonchev–Trinajstić information content (AvgIpc) is 2.84. The first-order chi connectivity index (χ1) is 17.6. The van der Waals surface area contributed by atoms with Gasteiger partial charge in [0.2, 0.25) is 0 Å². The summed E-state index contributed by atoms with van der Waals surface area (Å²) in [6.07, 6.45) is 0.173. The van der Waals surface area contributed by atoms with Crippen molar-refractivity contribution >= 4 is 28.6 Å². The van der Waals surface area contributed by atoms with E-state index >= 15 is 0 Å². The highest BCUT2D eigenvalue weighted by Gasteiger charge is 2.22. The summed E-state index contributed by atoms with van der Waals surface area (Å²) in [5.74, 6) is 1.65. The van der Waals surface area contributed by atoms with Crippen LogP contribution in [0.1, 0.15) is 37.6 Å². The Kier molecular flexibility index (Phi) is 7.77. The van der Waals surface area contributed by atoms with Crippen molar-refractivity contribution in [2.24, 2.45) is 0 Å². The van der Waals surface area contributed by atoms with Gasteiger partial charge in [-0.3, -0.25) is 0 Å². The number of aromatic nitrogens is 2. The van der Waals surface area contributed by atoms with E-state index in [1.807, 2.05) is 81.4 Å². The molecule has 1 amide bonds. The van der Waals surface area contributed by atoms with Gasteiger partial charge in [-0.2, -0.15) is 0 Å².